The van der Waals surface area contributed by atoms with Crippen LogP contribution in [0.1, 0.15) is 77.6 Å². The van der Waals surface area contributed by atoms with Gasteiger partial charge in [0.1, 0.15) is 0 Å². The molecule has 2 aliphatic heterocycles. The highest BCUT2D eigenvalue weighted by atomic mass is 16.7. The van der Waals surface area contributed by atoms with Crippen LogP contribution in [0, 0.1) is 0 Å². The Morgan fingerprint density at radius 3 is 1.03 bits per heavy atom. The van der Waals surface area contributed by atoms with E-state index >= 15 is 0 Å². The van der Waals surface area contributed by atoms with Crippen LogP contribution in [0.2, 0.25) is 0 Å². The normalized spacial score (nSPS) is 26.7. The van der Waals surface area contributed by atoms with E-state index in [1.165, 1.54) is 22.3 Å². The second-order valence-electron chi connectivity index (χ2n) is 12.3. The molecule has 2 aromatic carbocycles. The molecule has 0 N–H and O–H groups in total. The van der Waals surface area contributed by atoms with Gasteiger partial charge in [-0.05, 0) is 99.7 Å². The first-order valence-corrected chi connectivity index (χ1v) is 12.9. The molecule has 6 heteroatoms. The van der Waals surface area contributed by atoms with Crippen molar-refractivity contribution in [3.63, 3.8) is 0 Å². The third kappa shape index (κ3) is 3.39. The molecule has 0 aromatic heterocycles. The zero-order chi connectivity index (χ0) is 25.7. The van der Waals surface area contributed by atoms with E-state index in [-0.39, 0.29) is 0 Å². The minimum absolute atomic E-state index is 0.396. The molecule has 0 radical (unpaired) electrons. The number of hydrogen-bond donors (Lipinski definition) is 0. The Morgan fingerprint density at radius 2 is 0.722 bits per heavy atom. The second kappa shape index (κ2) is 7.58. The van der Waals surface area contributed by atoms with Crippen LogP contribution in [-0.4, -0.2) is 36.6 Å². The Kier molecular flexibility index (Phi) is 5.05. The lowest BCUT2D eigenvalue weighted by molar-refractivity contribution is 0.00578. The molecule has 36 heavy (non-hydrogen) atoms. The average molecular weight is 480 g/mol. The van der Waals surface area contributed by atoms with Crippen LogP contribution in [0.15, 0.2) is 60.7 Å². The maximum Gasteiger partial charge on any atom is 0.495 e. The largest absolute Gasteiger partial charge is 0.495 e. The van der Waals surface area contributed by atoms with E-state index in [1.54, 1.807) is 0 Å². The molecule has 2 aromatic rings. The maximum absolute atomic E-state index is 6.46. The van der Waals surface area contributed by atoms with Crippen molar-refractivity contribution in [1.82, 2.24) is 0 Å². The van der Waals surface area contributed by atoms with E-state index in [0.29, 0.717) is 0 Å². The molecule has 0 atom stereocenters. The van der Waals surface area contributed by atoms with Crippen molar-refractivity contribution in [1.29, 1.82) is 0 Å². The topological polar surface area (TPSA) is 36.9 Å². The molecule has 6 rings (SSSR count). The molecule has 4 nitrogen and oxygen atoms in total. The van der Waals surface area contributed by atoms with Gasteiger partial charge in [0.15, 0.2) is 0 Å². The van der Waals surface area contributed by atoms with E-state index in [0.717, 1.165) is 22.1 Å². The Labute approximate surface area is 215 Å². The number of fused-ring (bicyclic) bond motifs is 2. The second-order valence-corrected chi connectivity index (χ2v) is 12.3. The fraction of sp³-hybridized carbons (Fsp3) is 0.400. The molecule has 184 valence electrons. The van der Waals surface area contributed by atoms with Gasteiger partial charge in [-0.25, -0.2) is 0 Å². The molecule has 0 bridgehead atoms. The van der Waals surface area contributed by atoms with E-state index in [1.807, 2.05) is 0 Å². The SMILES string of the molecule is CC1(C)OB(C2=C/C(=C3/C=C(B4OC(C)(C)C(C)(C)O4)c4ccccc43)c3ccccc32)OC1(C)C. The van der Waals surface area contributed by atoms with Gasteiger partial charge in [-0.15, -0.1) is 0 Å². The lowest BCUT2D eigenvalue weighted by atomic mass is 9.75. The summed E-state index contributed by atoms with van der Waals surface area (Å²) in [5.74, 6) is 0. The highest BCUT2D eigenvalue weighted by molar-refractivity contribution is 6.71. The van der Waals surface area contributed by atoms with E-state index in [9.17, 15) is 0 Å². The Bertz CT molecular complexity index is 1230. The van der Waals surface area contributed by atoms with E-state index in [4.69, 9.17) is 18.6 Å². The highest BCUT2D eigenvalue weighted by Crippen LogP contribution is 2.50. The first-order chi connectivity index (χ1) is 16.8. The van der Waals surface area contributed by atoms with E-state index < -0.39 is 36.6 Å². The van der Waals surface area contributed by atoms with Crippen LogP contribution in [0.3, 0.4) is 0 Å². The van der Waals surface area contributed by atoms with Crippen LogP contribution < -0.4 is 0 Å². The molecular weight excluding hydrogens is 446 g/mol. The molecule has 2 aliphatic carbocycles. The van der Waals surface area contributed by atoms with Crippen molar-refractivity contribution in [3.8, 4) is 0 Å². The summed E-state index contributed by atoms with van der Waals surface area (Å²) in [5, 5.41) is 0. The van der Waals surface area contributed by atoms with Crippen molar-refractivity contribution in [2.45, 2.75) is 77.8 Å². The third-order valence-corrected chi connectivity index (χ3v) is 8.96. The zero-order valence-corrected chi connectivity index (χ0v) is 22.6. The fourth-order valence-corrected chi connectivity index (χ4v) is 5.34. The average Bonchev–Trinajstić information content (AvgIpc) is 3.47. The third-order valence-electron chi connectivity index (χ3n) is 8.96. The Balaban J connectivity index is 1.49. The number of hydrogen-bond acceptors (Lipinski definition) is 4. The summed E-state index contributed by atoms with van der Waals surface area (Å²) in [5.41, 5.74) is 7.62. The van der Waals surface area contributed by atoms with Crippen molar-refractivity contribution < 1.29 is 18.6 Å². The van der Waals surface area contributed by atoms with Crippen LogP contribution in [-0.2, 0) is 18.6 Å². The Hall–Kier alpha value is -2.37. The fourth-order valence-electron chi connectivity index (χ4n) is 5.34. The number of allylic oxidation sites excluding steroid dienone is 4. The molecule has 0 saturated carbocycles. The Morgan fingerprint density at radius 1 is 0.444 bits per heavy atom. The van der Waals surface area contributed by atoms with Crippen molar-refractivity contribution in [2.75, 3.05) is 0 Å². The number of benzene rings is 2. The van der Waals surface area contributed by atoms with Crippen LogP contribution in [0.4, 0.5) is 0 Å². The van der Waals surface area contributed by atoms with Crippen molar-refractivity contribution >= 4 is 36.3 Å². The summed E-state index contributed by atoms with van der Waals surface area (Å²) < 4.78 is 25.9. The van der Waals surface area contributed by atoms with Gasteiger partial charge in [0.2, 0.25) is 0 Å². The van der Waals surface area contributed by atoms with Crippen LogP contribution >= 0.6 is 0 Å². The molecule has 2 fully saturated rings. The molecule has 4 aliphatic rings. The minimum Gasteiger partial charge on any atom is -0.399 e. The van der Waals surface area contributed by atoms with Gasteiger partial charge in [-0.1, -0.05) is 60.7 Å². The predicted molar refractivity (Wildman–Crippen MR) is 148 cm³/mol. The van der Waals surface area contributed by atoms with Gasteiger partial charge >= 0.3 is 14.2 Å². The summed E-state index contributed by atoms with van der Waals surface area (Å²) in [6.45, 7) is 16.8. The summed E-state index contributed by atoms with van der Waals surface area (Å²) in [7, 11) is -0.838. The first kappa shape index (κ1) is 24.0. The highest BCUT2D eigenvalue weighted by Gasteiger charge is 2.55. The smallest absolute Gasteiger partial charge is 0.399 e. The monoisotopic (exact) mass is 480 g/mol. The molecule has 0 unspecified atom stereocenters. The van der Waals surface area contributed by atoms with Gasteiger partial charge in [0, 0.05) is 0 Å². The lowest BCUT2D eigenvalue weighted by Crippen LogP contribution is -2.41. The summed E-state index contributed by atoms with van der Waals surface area (Å²) in [4.78, 5) is 0. The maximum atomic E-state index is 6.46. The van der Waals surface area contributed by atoms with Gasteiger partial charge in [-0.2, -0.15) is 0 Å². The van der Waals surface area contributed by atoms with Crippen molar-refractivity contribution in [3.05, 3.63) is 82.9 Å². The van der Waals surface area contributed by atoms with E-state index in [2.05, 4.69) is 116 Å². The van der Waals surface area contributed by atoms with Crippen LogP contribution in [0.25, 0.3) is 22.1 Å². The van der Waals surface area contributed by atoms with Gasteiger partial charge in [0.25, 0.3) is 0 Å². The standard InChI is InChI=1S/C30H34B2O4/c1-27(2)28(3,4)34-31(33-27)25-17-23(19-13-9-11-15-21(19)25)24-18-26(22-16-12-10-14-20(22)24)32-35-29(5,6)30(7,8)36-32/h9-18H,1-8H3/b24-23+. The van der Waals surface area contributed by atoms with Crippen LogP contribution in [0.5, 0.6) is 0 Å². The molecule has 0 amide bonds. The van der Waals surface area contributed by atoms with Crippen molar-refractivity contribution in [2.24, 2.45) is 0 Å². The number of rotatable bonds is 2. The molecular formula is C30H34B2O4. The molecule has 2 heterocycles. The van der Waals surface area contributed by atoms with Gasteiger partial charge < -0.3 is 18.6 Å². The quantitative estimate of drug-likeness (QED) is 0.451. The predicted octanol–water partition coefficient (Wildman–Crippen LogP) is 6.65. The minimum atomic E-state index is -0.419. The van der Waals surface area contributed by atoms with Gasteiger partial charge in [0.05, 0.1) is 22.4 Å². The zero-order valence-electron chi connectivity index (χ0n) is 22.6. The molecule has 2 saturated heterocycles. The van der Waals surface area contributed by atoms with Gasteiger partial charge in [-0.3, -0.25) is 0 Å². The summed E-state index contributed by atoms with van der Waals surface area (Å²) in [6, 6.07) is 17.1. The summed E-state index contributed by atoms with van der Waals surface area (Å²) in [6.07, 6.45) is 4.51. The summed E-state index contributed by atoms with van der Waals surface area (Å²) >= 11 is 0. The molecule has 0 spiro atoms. The first-order valence-electron chi connectivity index (χ1n) is 12.9. The lowest BCUT2D eigenvalue weighted by Gasteiger charge is -2.32.